The number of ether oxygens (including phenoxy) is 2. The Bertz CT molecular complexity index is 702. The zero-order chi connectivity index (χ0) is 16.7. The lowest BCUT2D eigenvalue weighted by Gasteiger charge is -2.10. The fraction of sp³-hybridized carbons (Fsp3) is 0.188. The van der Waals surface area contributed by atoms with E-state index >= 15 is 0 Å². The van der Waals surface area contributed by atoms with Crippen LogP contribution in [0.5, 0.6) is 11.5 Å². The average Bonchev–Trinajstić information content (AvgIpc) is 2.55. The molecule has 0 heterocycles. The van der Waals surface area contributed by atoms with Crippen molar-refractivity contribution < 1.29 is 14.4 Å². The molecule has 1 N–H and O–H groups in total. The van der Waals surface area contributed by atoms with Gasteiger partial charge in [-0.3, -0.25) is 15.5 Å². The minimum absolute atomic E-state index is 0.102. The van der Waals surface area contributed by atoms with Gasteiger partial charge in [0.25, 0.3) is 0 Å². The number of benzene rings is 2. The Morgan fingerprint density at radius 3 is 2.65 bits per heavy atom. The third kappa shape index (κ3) is 4.19. The summed E-state index contributed by atoms with van der Waals surface area (Å²) in [6.45, 7) is 2.17. The normalized spacial score (nSPS) is 10.5. The third-order valence-electron chi connectivity index (χ3n) is 2.94. The summed E-state index contributed by atoms with van der Waals surface area (Å²) in [5.41, 5.74) is 4.03. The van der Waals surface area contributed by atoms with Crippen LogP contribution in [0.2, 0.25) is 0 Å². The van der Waals surface area contributed by atoms with Gasteiger partial charge in [-0.25, -0.2) is 0 Å². The Morgan fingerprint density at radius 2 is 2.04 bits per heavy atom. The highest BCUT2D eigenvalue weighted by Crippen LogP contribution is 2.37. The van der Waals surface area contributed by atoms with Gasteiger partial charge in [-0.05, 0) is 25.1 Å². The molecule has 2 aromatic rings. The molecule has 0 fully saturated rings. The molecular formula is C16H17N3O4. The van der Waals surface area contributed by atoms with Crippen molar-refractivity contribution in [2.45, 2.75) is 6.92 Å². The highest BCUT2D eigenvalue weighted by atomic mass is 16.6. The maximum Gasteiger partial charge on any atom is 0.315 e. The van der Waals surface area contributed by atoms with Crippen LogP contribution in [-0.4, -0.2) is 24.9 Å². The molecule has 0 radical (unpaired) electrons. The zero-order valence-electron chi connectivity index (χ0n) is 12.9. The van der Waals surface area contributed by atoms with Gasteiger partial charge in [-0.1, -0.05) is 18.2 Å². The van der Waals surface area contributed by atoms with Crippen LogP contribution in [0.25, 0.3) is 0 Å². The van der Waals surface area contributed by atoms with Crippen molar-refractivity contribution in [1.29, 1.82) is 0 Å². The van der Waals surface area contributed by atoms with Crippen molar-refractivity contribution in [3.63, 3.8) is 0 Å². The summed E-state index contributed by atoms with van der Waals surface area (Å²) in [5, 5.41) is 15.3. The van der Waals surface area contributed by atoms with Gasteiger partial charge in [0.1, 0.15) is 0 Å². The topological polar surface area (TPSA) is 86.0 Å². The van der Waals surface area contributed by atoms with Crippen LogP contribution in [0.1, 0.15) is 12.5 Å². The molecule has 2 rings (SSSR count). The molecule has 0 aliphatic rings. The van der Waals surface area contributed by atoms with Crippen LogP contribution >= 0.6 is 0 Å². The Balaban J connectivity index is 2.29. The second kappa shape index (κ2) is 7.79. The predicted molar refractivity (Wildman–Crippen MR) is 88.5 cm³/mol. The van der Waals surface area contributed by atoms with Gasteiger partial charge in [0.2, 0.25) is 5.75 Å². The molecule has 0 saturated heterocycles. The number of nitrogens with zero attached hydrogens (tertiary/aromatic N) is 2. The highest BCUT2D eigenvalue weighted by Gasteiger charge is 2.21. The van der Waals surface area contributed by atoms with Crippen LogP contribution in [-0.2, 0) is 0 Å². The van der Waals surface area contributed by atoms with Crippen molar-refractivity contribution in [1.82, 2.24) is 0 Å². The van der Waals surface area contributed by atoms with Gasteiger partial charge in [0.15, 0.2) is 5.75 Å². The summed E-state index contributed by atoms with van der Waals surface area (Å²) in [7, 11) is 1.37. The zero-order valence-corrected chi connectivity index (χ0v) is 12.9. The van der Waals surface area contributed by atoms with Crippen molar-refractivity contribution in [2.24, 2.45) is 5.10 Å². The van der Waals surface area contributed by atoms with Crippen LogP contribution in [0.4, 0.5) is 11.4 Å². The lowest BCUT2D eigenvalue weighted by molar-refractivity contribution is -0.385. The lowest BCUT2D eigenvalue weighted by Crippen LogP contribution is -2.01. The molecule has 0 unspecified atom stereocenters. The van der Waals surface area contributed by atoms with Gasteiger partial charge in [0, 0.05) is 11.6 Å². The summed E-state index contributed by atoms with van der Waals surface area (Å²) >= 11 is 0. The van der Waals surface area contributed by atoms with Crippen LogP contribution in [0.15, 0.2) is 47.6 Å². The number of nitro benzene ring substituents is 1. The van der Waals surface area contributed by atoms with E-state index in [0.29, 0.717) is 17.9 Å². The molecule has 0 saturated carbocycles. The fourth-order valence-corrected chi connectivity index (χ4v) is 1.98. The Morgan fingerprint density at radius 1 is 1.30 bits per heavy atom. The third-order valence-corrected chi connectivity index (χ3v) is 2.94. The highest BCUT2D eigenvalue weighted by molar-refractivity contribution is 5.83. The molecule has 0 bridgehead atoms. The molecule has 0 spiro atoms. The maximum atomic E-state index is 11.2. The largest absolute Gasteiger partial charge is 0.490 e. The number of rotatable bonds is 7. The Kier molecular flexibility index (Phi) is 5.51. The van der Waals surface area contributed by atoms with E-state index in [1.165, 1.54) is 19.4 Å². The lowest BCUT2D eigenvalue weighted by atomic mass is 10.2. The van der Waals surface area contributed by atoms with Crippen molar-refractivity contribution in [2.75, 3.05) is 19.1 Å². The number of hydrogen-bond acceptors (Lipinski definition) is 6. The molecule has 23 heavy (non-hydrogen) atoms. The molecule has 0 amide bonds. The van der Waals surface area contributed by atoms with Gasteiger partial charge in [-0.15, -0.1) is 0 Å². The first-order chi connectivity index (χ1) is 11.2. The van der Waals surface area contributed by atoms with E-state index in [1.807, 2.05) is 30.3 Å². The number of methoxy groups -OCH3 is 1. The Hall–Kier alpha value is -3.09. The molecule has 120 valence electrons. The standard InChI is InChI=1S/C16H17N3O4/c1-3-23-15-10-12(9-14(19(20)21)16(15)22-2)11-17-18-13-7-5-4-6-8-13/h4-11,18H,3H2,1-2H3/b17-11+. The second-order valence-corrected chi connectivity index (χ2v) is 4.50. The summed E-state index contributed by atoms with van der Waals surface area (Å²) in [6.07, 6.45) is 1.49. The number of hydrogen-bond donors (Lipinski definition) is 1. The van der Waals surface area contributed by atoms with Gasteiger partial charge in [0.05, 0.1) is 30.5 Å². The predicted octanol–water partition coefficient (Wildman–Crippen LogP) is 3.45. The molecule has 0 aromatic heterocycles. The quantitative estimate of drug-likeness (QED) is 0.480. The van der Waals surface area contributed by atoms with E-state index in [9.17, 15) is 10.1 Å². The number of nitrogens with one attached hydrogen (secondary N) is 1. The van der Waals surface area contributed by atoms with Crippen LogP contribution in [0, 0.1) is 10.1 Å². The summed E-state index contributed by atoms with van der Waals surface area (Å²) < 4.78 is 10.5. The SMILES string of the molecule is CCOc1cc(/C=N/Nc2ccccc2)cc([N+](=O)[O-])c1OC. The maximum absolute atomic E-state index is 11.2. The number of anilines is 1. The van der Waals surface area contributed by atoms with Gasteiger partial charge in [-0.2, -0.15) is 5.10 Å². The summed E-state index contributed by atoms with van der Waals surface area (Å²) in [5.74, 6) is 0.412. The smallest absolute Gasteiger partial charge is 0.315 e. The van der Waals surface area contributed by atoms with Gasteiger partial charge < -0.3 is 9.47 Å². The first-order valence-corrected chi connectivity index (χ1v) is 6.99. The summed E-state index contributed by atoms with van der Waals surface area (Å²) in [6, 6.07) is 12.4. The minimum Gasteiger partial charge on any atom is -0.490 e. The van der Waals surface area contributed by atoms with E-state index in [-0.39, 0.29) is 11.4 Å². The minimum atomic E-state index is -0.511. The number of nitro groups is 1. The molecule has 7 nitrogen and oxygen atoms in total. The fourth-order valence-electron chi connectivity index (χ4n) is 1.98. The monoisotopic (exact) mass is 315 g/mol. The van der Waals surface area contributed by atoms with Gasteiger partial charge >= 0.3 is 5.69 Å². The Labute approximate surface area is 133 Å². The number of para-hydroxylation sites is 1. The van der Waals surface area contributed by atoms with Crippen LogP contribution < -0.4 is 14.9 Å². The van der Waals surface area contributed by atoms with Crippen molar-refractivity contribution in [3.05, 3.63) is 58.1 Å². The van der Waals surface area contributed by atoms with Crippen molar-refractivity contribution in [3.8, 4) is 11.5 Å². The summed E-state index contributed by atoms with van der Waals surface area (Å²) in [4.78, 5) is 10.7. The van der Waals surface area contributed by atoms with E-state index in [1.54, 1.807) is 13.0 Å². The molecule has 2 aromatic carbocycles. The molecule has 0 atom stereocenters. The first-order valence-electron chi connectivity index (χ1n) is 6.99. The number of hydrazone groups is 1. The van der Waals surface area contributed by atoms with E-state index in [2.05, 4.69) is 10.5 Å². The average molecular weight is 315 g/mol. The van der Waals surface area contributed by atoms with E-state index in [4.69, 9.17) is 9.47 Å². The molecule has 0 aliphatic carbocycles. The van der Waals surface area contributed by atoms with E-state index < -0.39 is 4.92 Å². The van der Waals surface area contributed by atoms with E-state index in [0.717, 1.165) is 5.69 Å². The molecule has 0 aliphatic heterocycles. The van der Waals surface area contributed by atoms with Crippen molar-refractivity contribution >= 4 is 17.6 Å². The second-order valence-electron chi connectivity index (χ2n) is 4.50. The first kappa shape index (κ1) is 16.3. The van der Waals surface area contributed by atoms with Crippen LogP contribution in [0.3, 0.4) is 0 Å². The molecule has 7 heteroatoms. The molecular weight excluding hydrogens is 298 g/mol.